The summed E-state index contributed by atoms with van der Waals surface area (Å²) in [7, 11) is 0. The average molecular weight is 407 g/mol. The van der Waals surface area contributed by atoms with Gasteiger partial charge in [0.25, 0.3) is 17.5 Å². The molecule has 0 saturated heterocycles. The fourth-order valence-corrected chi connectivity index (χ4v) is 2.90. The van der Waals surface area contributed by atoms with Crippen LogP contribution in [-0.4, -0.2) is 44.5 Å². The van der Waals surface area contributed by atoms with E-state index in [1.165, 1.54) is 16.8 Å². The minimum absolute atomic E-state index is 0.0215. The molecule has 1 aromatic heterocycles. The largest absolute Gasteiger partial charge is 0.339 e. The van der Waals surface area contributed by atoms with Crippen LogP contribution in [0.15, 0.2) is 60.8 Å². The van der Waals surface area contributed by atoms with Gasteiger partial charge in [0.2, 0.25) is 0 Å². The summed E-state index contributed by atoms with van der Waals surface area (Å²) in [5, 5.41) is 17.7. The summed E-state index contributed by atoms with van der Waals surface area (Å²) in [6.07, 6.45) is 1.60. The van der Waals surface area contributed by atoms with E-state index in [-0.39, 0.29) is 17.3 Å². The van der Waals surface area contributed by atoms with E-state index in [9.17, 15) is 19.7 Å². The van der Waals surface area contributed by atoms with Gasteiger partial charge in [-0.25, -0.2) is 4.68 Å². The van der Waals surface area contributed by atoms with Gasteiger partial charge >= 0.3 is 0 Å². The molecule has 0 spiro atoms. The first-order valence-electron chi connectivity index (χ1n) is 9.44. The van der Waals surface area contributed by atoms with Gasteiger partial charge in [-0.1, -0.05) is 0 Å². The highest BCUT2D eigenvalue weighted by atomic mass is 16.6. The van der Waals surface area contributed by atoms with Crippen LogP contribution in [0.3, 0.4) is 0 Å². The van der Waals surface area contributed by atoms with Crippen molar-refractivity contribution in [2.45, 2.75) is 13.8 Å². The Hall–Kier alpha value is -4.01. The molecule has 0 radical (unpaired) electrons. The number of nitrogens with one attached hydrogen (secondary N) is 1. The Balaban J connectivity index is 1.68. The number of hydrogen-bond acceptors (Lipinski definition) is 5. The first kappa shape index (κ1) is 20.7. The molecule has 3 aromatic rings. The monoisotopic (exact) mass is 407 g/mol. The Kier molecular flexibility index (Phi) is 6.21. The number of aromatic nitrogens is 2. The van der Waals surface area contributed by atoms with Gasteiger partial charge in [-0.2, -0.15) is 5.10 Å². The summed E-state index contributed by atoms with van der Waals surface area (Å²) < 4.78 is 1.46. The zero-order chi connectivity index (χ0) is 21.7. The van der Waals surface area contributed by atoms with Crippen molar-refractivity contribution < 1.29 is 14.5 Å². The van der Waals surface area contributed by atoms with Crippen molar-refractivity contribution in [1.29, 1.82) is 0 Å². The standard InChI is InChI=1S/C21H21N5O4/c1-3-24(4-2)21(28)15-5-7-16(8-6-15)22-20(27)19-13-14-25(23-19)17-9-11-18(12-10-17)26(29)30/h5-14H,3-4H2,1-2H3,(H,22,27). The van der Waals surface area contributed by atoms with Crippen LogP contribution in [0, 0.1) is 10.1 Å². The van der Waals surface area contributed by atoms with Crippen LogP contribution >= 0.6 is 0 Å². The Bertz CT molecular complexity index is 1050. The SMILES string of the molecule is CCN(CC)C(=O)c1ccc(NC(=O)c2ccn(-c3ccc([N+](=O)[O-])cc3)n2)cc1. The van der Waals surface area contributed by atoms with Crippen molar-refractivity contribution in [2.75, 3.05) is 18.4 Å². The minimum Gasteiger partial charge on any atom is -0.339 e. The molecule has 0 atom stereocenters. The molecule has 0 unspecified atom stereocenters. The maximum Gasteiger partial charge on any atom is 0.276 e. The summed E-state index contributed by atoms with van der Waals surface area (Å²) in [5.41, 5.74) is 1.86. The second-order valence-corrected chi connectivity index (χ2v) is 6.43. The van der Waals surface area contributed by atoms with Crippen LogP contribution in [0.5, 0.6) is 0 Å². The van der Waals surface area contributed by atoms with E-state index in [2.05, 4.69) is 10.4 Å². The van der Waals surface area contributed by atoms with E-state index in [1.54, 1.807) is 53.6 Å². The molecule has 154 valence electrons. The lowest BCUT2D eigenvalue weighted by atomic mass is 10.1. The van der Waals surface area contributed by atoms with E-state index in [0.717, 1.165) is 0 Å². The predicted molar refractivity (Wildman–Crippen MR) is 112 cm³/mol. The van der Waals surface area contributed by atoms with E-state index < -0.39 is 10.8 Å². The Morgan fingerprint density at radius 2 is 1.67 bits per heavy atom. The van der Waals surface area contributed by atoms with Gasteiger partial charge < -0.3 is 10.2 Å². The quantitative estimate of drug-likeness (QED) is 0.476. The van der Waals surface area contributed by atoms with E-state index in [1.807, 2.05) is 13.8 Å². The van der Waals surface area contributed by atoms with Gasteiger partial charge in [-0.15, -0.1) is 0 Å². The molecule has 0 aliphatic rings. The lowest BCUT2D eigenvalue weighted by molar-refractivity contribution is -0.384. The molecule has 30 heavy (non-hydrogen) atoms. The van der Waals surface area contributed by atoms with Gasteiger partial charge in [0, 0.05) is 42.7 Å². The molecular weight excluding hydrogens is 386 g/mol. The number of benzene rings is 2. The summed E-state index contributed by atoms with van der Waals surface area (Å²) in [6.45, 7) is 5.11. The maximum absolute atomic E-state index is 12.5. The number of nitro groups is 1. The number of hydrogen-bond donors (Lipinski definition) is 1. The topological polar surface area (TPSA) is 110 Å². The molecule has 1 heterocycles. The molecule has 0 bridgehead atoms. The second kappa shape index (κ2) is 8.99. The summed E-state index contributed by atoms with van der Waals surface area (Å²) >= 11 is 0. The molecule has 9 nitrogen and oxygen atoms in total. The smallest absolute Gasteiger partial charge is 0.276 e. The molecule has 2 aromatic carbocycles. The van der Waals surface area contributed by atoms with Crippen molar-refractivity contribution in [2.24, 2.45) is 0 Å². The number of nitrogens with zero attached hydrogens (tertiary/aromatic N) is 4. The van der Waals surface area contributed by atoms with E-state index in [0.29, 0.717) is 30.0 Å². The van der Waals surface area contributed by atoms with Crippen LogP contribution in [0.2, 0.25) is 0 Å². The third-order valence-electron chi connectivity index (χ3n) is 4.59. The number of non-ortho nitro benzene ring substituents is 1. The normalized spacial score (nSPS) is 10.5. The van der Waals surface area contributed by atoms with Crippen LogP contribution in [0.4, 0.5) is 11.4 Å². The molecule has 0 fully saturated rings. The summed E-state index contributed by atoms with van der Waals surface area (Å²) in [4.78, 5) is 36.8. The Morgan fingerprint density at radius 1 is 1.03 bits per heavy atom. The highest BCUT2D eigenvalue weighted by Gasteiger charge is 2.14. The number of carbonyl (C=O) groups excluding carboxylic acids is 2. The zero-order valence-electron chi connectivity index (χ0n) is 16.6. The fraction of sp³-hybridized carbons (Fsp3) is 0.190. The van der Waals surface area contributed by atoms with Crippen molar-refractivity contribution >= 4 is 23.2 Å². The molecular formula is C21H21N5O4. The molecule has 0 aliphatic carbocycles. The number of nitro benzene ring substituents is 1. The highest BCUT2D eigenvalue weighted by Crippen LogP contribution is 2.16. The van der Waals surface area contributed by atoms with Crippen molar-refractivity contribution in [3.05, 3.63) is 82.2 Å². The van der Waals surface area contributed by atoms with Crippen LogP contribution in [-0.2, 0) is 0 Å². The molecule has 3 rings (SSSR count). The van der Waals surface area contributed by atoms with Gasteiger partial charge in [0.1, 0.15) is 0 Å². The van der Waals surface area contributed by atoms with Gasteiger partial charge in [0.05, 0.1) is 10.6 Å². The molecule has 9 heteroatoms. The van der Waals surface area contributed by atoms with Crippen LogP contribution in [0.1, 0.15) is 34.7 Å². The summed E-state index contributed by atoms with van der Waals surface area (Å²) in [6, 6.07) is 14.1. The fourth-order valence-electron chi connectivity index (χ4n) is 2.90. The number of anilines is 1. The highest BCUT2D eigenvalue weighted by molar-refractivity contribution is 6.03. The number of carbonyl (C=O) groups is 2. The van der Waals surface area contributed by atoms with Crippen molar-refractivity contribution in [1.82, 2.24) is 14.7 Å². The second-order valence-electron chi connectivity index (χ2n) is 6.43. The number of rotatable bonds is 7. The average Bonchev–Trinajstić information content (AvgIpc) is 3.25. The first-order valence-corrected chi connectivity index (χ1v) is 9.44. The Labute approximate surface area is 173 Å². The van der Waals surface area contributed by atoms with Crippen LogP contribution < -0.4 is 5.32 Å². The minimum atomic E-state index is -0.480. The lowest BCUT2D eigenvalue weighted by Crippen LogP contribution is -2.30. The third-order valence-corrected chi connectivity index (χ3v) is 4.59. The van der Waals surface area contributed by atoms with Crippen LogP contribution in [0.25, 0.3) is 5.69 Å². The van der Waals surface area contributed by atoms with Gasteiger partial charge in [-0.05, 0) is 56.3 Å². The summed E-state index contributed by atoms with van der Waals surface area (Å²) in [5.74, 6) is -0.460. The molecule has 2 amide bonds. The molecule has 0 aliphatic heterocycles. The van der Waals surface area contributed by atoms with E-state index in [4.69, 9.17) is 0 Å². The molecule has 1 N–H and O–H groups in total. The third kappa shape index (κ3) is 4.52. The first-order chi connectivity index (χ1) is 14.4. The lowest BCUT2D eigenvalue weighted by Gasteiger charge is -2.18. The number of amides is 2. The predicted octanol–water partition coefficient (Wildman–Crippen LogP) is 3.51. The van der Waals surface area contributed by atoms with Crippen molar-refractivity contribution in [3.8, 4) is 5.69 Å². The van der Waals surface area contributed by atoms with Crippen molar-refractivity contribution in [3.63, 3.8) is 0 Å². The molecule has 0 saturated carbocycles. The Morgan fingerprint density at radius 3 is 2.23 bits per heavy atom. The maximum atomic E-state index is 12.5. The zero-order valence-corrected chi connectivity index (χ0v) is 16.6. The van der Waals surface area contributed by atoms with E-state index >= 15 is 0 Å². The van der Waals surface area contributed by atoms with Gasteiger partial charge in [0.15, 0.2) is 5.69 Å². The van der Waals surface area contributed by atoms with Gasteiger partial charge in [-0.3, -0.25) is 19.7 Å².